The van der Waals surface area contributed by atoms with Gasteiger partial charge in [-0.1, -0.05) is 146 Å². The number of hydrogen-bond acceptors (Lipinski definition) is 3. The number of furan rings is 2. The molecule has 0 saturated carbocycles. The van der Waals surface area contributed by atoms with E-state index in [1.807, 2.05) is 0 Å². The van der Waals surface area contributed by atoms with Crippen LogP contribution in [0.25, 0.3) is 119 Å². The third kappa shape index (κ3) is 4.08. The van der Waals surface area contributed by atoms with Crippen LogP contribution in [0, 0.1) is 0 Å². The zero-order valence-electron chi connectivity index (χ0n) is 28.4. The lowest BCUT2D eigenvalue weighted by Gasteiger charge is -2.18. The molecule has 0 saturated heterocycles. The van der Waals surface area contributed by atoms with Gasteiger partial charge in [0.15, 0.2) is 5.58 Å². The summed E-state index contributed by atoms with van der Waals surface area (Å²) in [5.74, 6) is 0. The second-order valence-electron chi connectivity index (χ2n) is 13.9. The van der Waals surface area contributed by atoms with Crippen molar-refractivity contribution in [3.63, 3.8) is 0 Å². The molecule has 0 amide bonds. The zero-order valence-corrected chi connectivity index (χ0v) is 29.2. The van der Waals surface area contributed by atoms with Crippen molar-refractivity contribution in [1.82, 2.24) is 0 Å². The Bertz CT molecular complexity index is 3390. The second kappa shape index (κ2) is 10.9. The summed E-state index contributed by atoms with van der Waals surface area (Å²) in [6.07, 6.45) is 0. The Balaban J connectivity index is 1.22. The highest BCUT2D eigenvalue weighted by atomic mass is 32.1. The molecule has 0 aliphatic rings. The number of hydrogen-bond donors (Lipinski definition) is 0. The number of benzene rings is 9. The van der Waals surface area contributed by atoms with Gasteiger partial charge < -0.3 is 8.83 Å². The van der Waals surface area contributed by atoms with Crippen LogP contribution >= 0.6 is 11.3 Å². The highest BCUT2D eigenvalue weighted by molar-refractivity contribution is 7.23. The molecule has 12 rings (SSSR count). The van der Waals surface area contributed by atoms with Gasteiger partial charge in [-0.3, -0.25) is 0 Å². The molecule has 0 fully saturated rings. The molecular weight excluding hydrogens is 665 g/mol. The van der Waals surface area contributed by atoms with Crippen LogP contribution in [0.15, 0.2) is 179 Å². The number of fused-ring (bicyclic) bond motifs is 12. The van der Waals surface area contributed by atoms with Gasteiger partial charge in [-0.15, -0.1) is 11.3 Å². The molecule has 0 spiro atoms. The summed E-state index contributed by atoms with van der Waals surface area (Å²) >= 11 is 1.81. The summed E-state index contributed by atoms with van der Waals surface area (Å²) in [5.41, 5.74) is 9.57. The van der Waals surface area contributed by atoms with Gasteiger partial charge in [-0.2, -0.15) is 0 Å². The fourth-order valence-electron chi connectivity index (χ4n) is 8.81. The SMILES string of the molecule is c1ccc(-c2cc3cc(-c4c5ccccc5c(-c5cccc6c5oc5ccc7ccccc7c56)c5ccccc45)c4c5ccccc5oc4c3s2)cc1. The summed E-state index contributed by atoms with van der Waals surface area (Å²) in [7, 11) is 0. The Hall–Kier alpha value is -6.68. The highest BCUT2D eigenvalue weighted by Gasteiger charge is 2.24. The first kappa shape index (κ1) is 29.0. The van der Waals surface area contributed by atoms with E-state index in [9.17, 15) is 0 Å². The molecule has 0 aliphatic carbocycles. The maximum absolute atomic E-state index is 6.83. The lowest BCUT2D eigenvalue weighted by Crippen LogP contribution is -1.91. The third-order valence-electron chi connectivity index (χ3n) is 11.0. The average molecular weight is 693 g/mol. The van der Waals surface area contributed by atoms with Gasteiger partial charge in [0.25, 0.3) is 0 Å². The smallest absolute Gasteiger partial charge is 0.153 e. The zero-order chi connectivity index (χ0) is 34.6. The lowest BCUT2D eigenvalue weighted by molar-refractivity contribution is 0.670. The summed E-state index contributed by atoms with van der Waals surface area (Å²) in [6.45, 7) is 0. The first-order valence-corrected chi connectivity index (χ1v) is 18.8. The monoisotopic (exact) mass is 692 g/mol. The summed E-state index contributed by atoms with van der Waals surface area (Å²) in [5, 5.41) is 13.0. The van der Waals surface area contributed by atoms with Crippen molar-refractivity contribution in [1.29, 1.82) is 0 Å². The Kier molecular flexibility index (Phi) is 5.96. The van der Waals surface area contributed by atoms with E-state index in [-0.39, 0.29) is 0 Å². The molecule has 3 aromatic heterocycles. The van der Waals surface area contributed by atoms with E-state index in [0.29, 0.717) is 0 Å². The predicted octanol–water partition coefficient (Wildman–Crippen LogP) is 15.2. The molecule has 0 aliphatic heterocycles. The normalized spacial score (nSPS) is 12.2. The van der Waals surface area contributed by atoms with Crippen molar-refractivity contribution >= 4 is 97.6 Å². The number of rotatable bonds is 3. The molecule has 9 aromatic carbocycles. The molecule has 3 heteroatoms. The first-order chi connectivity index (χ1) is 26.3. The maximum Gasteiger partial charge on any atom is 0.153 e. The quantitative estimate of drug-likeness (QED) is 0.172. The molecular formula is C50H28O2S. The number of thiophene rings is 1. The lowest BCUT2D eigenvalue weighted by atomic mass is 9.84. The van der Waals surface area contributed by atoms with E-state index in [1.54, 1.807) is 11.3 Å². The standard InChI is InChI=1S/C50H28O2S/c1-2-14-30(15-3-1)43-28-31-27-40(47-37-21-10-11-24-41(37)51-49(47)50(31)53-43)45-35-19-8-6-17-33(35)44(34-18-7-9-20-36(34)45)38-22-12-23-39-46-32-16-5-4-13-29(32)25-26-42(46)52-48(38)39/h1-28H. The minimum atomic E-state index is 0.903. The fraction of sp³-hybridized carbons (Fsp3) is 0. The largest absolute Gasteiger partial charge is 0.455 e. The van der Waals surface area contributed by atoms with Crippen molar-refractivity contribution in [2.24, 2.45) is 0 Å². The van der Waals surface area contributed by atoms with Crippen LogP contribution in [-0.4, -0.2) is 0 Å². The molecule has 53 heavy (non-hydrogen) atoms. The first-order valence-electron chi connectivity index (χ1n) is 18.0. The topological polar surface area (TPSA) is 26.3 Å². The van der Waals surface area contributed by atoms with E-state index in [2.05, 4.69) is 170 Å². The van der Waals surface area contributed by atoms with Gasteiger partial charge in [0.2, 0.25) is 0 Å². The van der Waals surface area contributed by atoms with Gasteiger partial charge in [-0.05, 0) is 78.7 Å². The molecule has 246 valence electrons. The molecule has 2 nitrogen and oxygen atoms in total. The van der Waals surface area contributed by atoms with Gasteiger partial charge in [0.05, 0.1) is 4.70 Å². The highest BCUT2D eigenvalue weighted by Crippen LogP contribution is 2.51. The summed E-state index contributed by atoms with van der Waals surface area (Å²) < 4.78 is 14.8. The second-order valence-corrected chi connectivity index (χ2v) is 15.0. The summed E-state index contributed by atoms with van der Waals surface area (Å²) in [6, 6.07) is 61.1. The van der Waals surface area contributed by atoms with Crippen LogP contribution < -0.4 is 0 Å². The minimum absolute atomic E-state index is 0.903. The van der Waals surface area contributed by atoms with E-state index >= 15 is 0 Å². The van der Waals surface area contributed by atoms with Gasteiger partial charge in [0, 0.05) is 37.5 Å². The van der Waals surface area contributed by atoms with Crippen molar-refractivity contribution < 1.29 is 8.83 Å². The van der Waals surface area contributed by atoms with E-state index in [1.165, 1.54) is 74.9 Å². The summed E-state index contributed by atoms with van der Waals surface area (Å²) in [4.78, 5) is 1.23. The Morgan fingerprint density at radius 1 is 0.358 bits per heavy atom. The Labute approximate surface area is 307 Å². The molecule has 0 radical (unpaired) electrons. The fourth-order valence-corrected chi connectivity index (χ4v) is 9.94. The van der Waals surface area contributed by atoms with Gasteiger partial charge >= 0.3 is 0 Å². The van der Waals surface area contributed by atoms with Crippen LogP contribution in [0.3, 0.4) is 0 Å². The van der Waals surface area contributed by atoms with Crippen molar-refractivity contribution in [3.05, 3.63) is 170 Å². The average Bonchev–Trinajstić information content (AvgIpc) is 3.94. The Morgan fingerprint density at radius 3 is 1.72 bits per heavy atom. The molecule has 3 heterocycles. The molecule has 0 atom stereocenters. The van der Waals surface area contributed by atoms with E-state index < -0.39 is 0 Å². The minimum Gasteiger partial charge on any atom is -0.455 e. The van der Waals surface area contributed by atoms with E-state index in [4.69, 9.17) is 8.83 Å². The third-order valence-corrected chi connectivity index (χ3v) is 12.2. The molecule has 12 aromatic rings. The number of para-hydroxylation sites is 2. The van der Waals surface area contributed by atoms with Crippen molar-refractivity contribution in [3.8, 4) is 32.7 Å². The van der Waals surface area contributed by atoms with Gasteiger partial charge in [0.1, 0.15) is 16.7 Å². The van der Waals surface area contributed by atoms with Crippen LogP contribution in [0.4, 0.5) is 0 Å². The van der Waals surface area contributed by atoms with Crippen molar-refractivity contribution in [2.45, 2.75) is 0 Å². The Morgan fingerprint density at radius 2 is 0.962 bits per heavy atom. The van der Waals surface area contributed by atoms with Crippen LogP contribution in [-0.2, 0) is 0 Å². The van der Waals surface area contributed by atoms with E-state index in [0.717, 1.165) is 44.1 Å². The molecule has 0 bridgehead atoms. The van der Waals surface area contributed by atoms with Crippen LogP contribution in [0.5, 0.6) is 0 Å². The predicted molar refractivity (Wildman–Crippen MR) is 225 cm³/mol. The van der Waals surface area contributed by atoms with Crippen molar-refractivity contribution in [2.75, 3.05) is 0 Å². The van der Waals surface area contributed by atoms with Gasteiger partial charge in [-0.25, -0.2) is 0 Å². The molecule has 0 N–H and O–H groups in total. The van der Waals surface area contributed by atoms with Crippen LogP contribution in [0.1, 0.15) is 0 Å². The molecule has 0 unspecified atom stereocenters. The van der Waals surface area contributed by atoms with Crippen LogP contribution in [0.2, 0.25) is 0 Å². The maximum atomic E-state index is 6.83.